The zero-order valence-corrected chi connectivity index (χ0v) is 18.2. The molecule has 6 nitrogen and oxygen atoms in total. The highest BCUT2D eigenvalue weighted by molar-refractivity contribution is 6.31. The molecule has 1 aromatic heterocycles. The average molecular weight is 439 g/mol. The van der Waals surface area contributed by atoms with E-state index in [1.807, 2.05) is 43.3 Å². The lowest BCUT2D eigenvalue weighted by atomic mass is 9.98. The zero-order chi connectivity index (χ0) is 22.1. The molecule has 4 rings (SSSR count). The summed E-state index contributed by atoms with van der Waals surface area (Å²) in [5.41, 5.74) is 1.27. The summed E-state index contributed by atoms with van der Waals surface area (Å²) in [6.07, 6.45) is 1.67. The number of halogens is 1. The Labute approximate surface area is 185 Å². The molecule has 0 N–H and O–H groups in total. The first-order valence-electron chi connectivity index (χ1n) is 9.96. The predicted octanol–water partition coefficient (Wildman–Crippen LogP) is 4.12. The molecule has 0 aliphatic carbocycles. The van der Waals surface area contributed by atoms with Crippen LogP contribution in [0.5, 0.6) is 5.75 Å². The molecule has 31 heavy (non-hydrogen) atoms. The number of hydrogen-bond acceptors (Lipinski definition) is 5. The van der Waals surface area contributed by atoms with Gasteiger partial charge in [0.05, 0.1) is 17.0 Å². The van der Waals surface area contributed by atoms with Crippen molar-refractivity contribution in [2.75, 3.05) is 33.8 Å². The van der Waals surface area contributed by atoms with Crippen molar-refractivity contribution >= 4 is 28.5 Å². The molecule has 1 unspecified atom stereocenters. The van der Waals surface area contributed by atoms with Crippen molar-refractivity contribution < 1.29 is 13.9 Å². The average Bonchev–Trinajstić information content (AvgIpc) is 3.03. The molecule has 1 aliphatic heterocycles. The van der Waals surface area contributed by atoms with Gasteiger partial charge in [-0.2, -0.15) is 0 Å². The lowest BCUT2D eigenvalue weighted by Crippen LogP contribution is -2.35. The van der Waals surface area contributed by atoms with Gasteiger partial charge in [-0.1, -0.05) is 36.4 Å². The van der Waals surface area contributed by atoms with Gasteiger partial charge in [0.1, 0.15) is 17.9 Å². The first-order valence-corrected chi connectivity index (χ1v) is 10.3. The van der Waals surface area contributed by atoms with Crippen LogP contribution in [0.4, 0.5) is 0 Å². The van der Waals surface area contributed by atoms with Crippen LogP contribution in [0.2, 0.25) is 5.02 Å². The number of carbonyl (C=O) groups is 1. The first kappa shape index (κ1) is 21.2. The fraction of sp³-hybridized carbons (Fsp3) is 0.250. The van der Waals surface area contributed by atoms with E-state index < -0.39 is 6.04 Å². The molecular formula is C24H23ClN2O4. The third-order valence-corrected chi connectivity index (χ3v) is 5.51. The van der Waals surface area contributed by atoms with E-state index >= 15 is 0 Å². The molecule has 1 aliphatic rings. The van der Waals surface area contributed by atoms with Crippen LogP contribution in [0.15, 0.2) is 64.3 Å². The molecule has 0 saturated heterocycles. The van der Waals surface area contributed by atoms with E-state index in [2.05, 4.69) is 6.58 Å². The summed E-state index contributed by atoms with van der Waals surface area (Å²) in [5, 5.41) is 0.804. The number of likely N-dealkylation sites (N-methyl/N-ethyl adjacent to an activating group) is 1. The van der Waals surface area contributed by atoms with Crippen LogP contribution in [0.3, 0.4) is 0 Å². The minimum absolute atomic E-state index is 0.0931. The van der Waals surface area contributed by atoms with Crippen molar-refractivity contribution in [1.82, 2.24) is 9.80 Å². The molecule has 2 aromatic carbocycles. The van der Waals surface area contributed by atoms with E-state index in [0.717, 1.165) is 5.56 Å². The van der Waals surface area contributed by atoms with Crippen molar-refractivity contribution in [3.63, 3.8) is 0 Å². The van der Waals surface area contributed by atoms with E-state index in [0.29, 0.717) is 47.0 Å². The quantitative estimate of drug-likeness (QED) is 0.519. The molecule has 2 heterocycles. The summed E-state index contributed by atoms with van der Waals surface area (Å²) >= 11 is 6.11. The van der Waals surface area contributed by atoms with Crippen molar-refractivity contribution in [2.45, 2.75) is 6.04 Å². The van der Waals surface area contributed by atoms with Gasteiger partial charge in [0, 0.05) is 18.1 Å². The summed E-state index contributed by atoms with van der Waals surface area (Å²) in [4.78, 5) is 30.4. The standard InChI is InChI=1S/C24H23ClN2O4/c1-4-13-30-17-8-5-15(6-9-17)21-20-22(28)18-14-16(25)7-10-19(18)31-23(20)24(29)27(21)12-11-26(2)3/h4-10,14,21H,1,11-13H2,2-3H3. The Hall–Kier alpha value is -3.09. The largest absolute Gasteiger partial charge is 0.490 e. The van der Waals surface area contributed by atoms with Gasteiger partial charge in [0.15, 0.2) is 5.43 Å². The normalized spacial score (nSPS) is 15.5. The van der Waals surface area contributed by atoms with Crippen LogP contribution >= 0.6 is 11.6 Å². The summed E-state index contributed by atoms with van der Waals surface area (Å²) in [7, 11) is 3.88. The molecule has 7 heteroatoms. The molecule has 0 bridgehead atoms. The van der Waals surface area contributed by atoms with Gasteiger partial charge in [-0.25, -0.2) is 0 Å². The maximum atomic E-state index is 13.5. The number of rotatable bonds is 7. The zero-order valence-electron chi connectivity index (χ0n) is 17.4. The number of amides is 1. The fourth-order valence-electron chi connectivity index (χ4n) is 3.78. The molecule has 1 amide bonds. The van der Waals surface area contributed by atoms with Crippen LogP contribution in [0.1, 0.15) is 27.7 Å². The molecule has 0 saturated carbocycles. The predicted molar refractivity (Wildman–Crippen MR) is 121 cm³/mol. The lowest BCUT2D eigenvalue weighted by Gasteiger charge is -2.26. The van der Waals surface area contributed by atoms with Crippen LogP contribution in [0.25, 0.3) is 11.0 Å². The van der Waals surface area contributed by atoms with Gasteiger partial charge >= 0.3 is 0 Å². The Morgan fingerprint density at radius 2 is 1.94 bits per heavy atom. The van der Waals surface area contributed by atoms with E-state index in [4.69, 9.17) is 20.8 Å². The highest BCUT2D eigenvalue weighted by atomic mass is 35.5. The van der Waals surface area contributed by atoms with Gasteiger partial charge in [-0.3, -0.25) is 9.59 Å². The highest BCUT2D eigenvalue weighted by Crippen LogP contribution is 2.38. The van der Waals surface area contributed by atoms with Gasteiger partial charge < -0.3 is 19.0 Å². The number of nitrogens with zero attached hydrogens (tertiary/aromatic N) is 2. The number of fused-ring (bicyclic) bond motifs is 2. The van der Waals surface area contributed by atoms with Crippen molar-refractivity contribution in [3.05, 3.63) is 87.3 Å². The van der Waals surface area contributed by atoms with Gasteiger partial charge in [-0.05, 0) is 50.0 Å². The molecule has 0 radical (unpaired) electrons. The van der Waals surface area contributed by atoms with E-state index in [1.54, 1.807) is 29.2 Å². The highest BCUT2D eigenvalue weighted by Gasteiger charge is 2.42. The minimum atomic E-state index is -0.546. The number of carbonyl (C=O) groups excluding carboxylic acids is 1. The van der Waals surface area contributed by atoms with E-state index in [9.17, 15) is 9.59 Å². The van der Waals surface area contributed by atoms with Gasteiger partial charge in [0.2, 0.25) is 5.76 Å². The Morgan fingerprint density at radius 3 is 2.61 bits per heavy atom. The third-order valence-electron chi connectivity index (χ3n) is 5.28. The SMILES string of the molecule is C=CCOc1ccc(C2c3c(oc4ccc(Cl)cc4c3=O)C(=O)N2CCN(C)C)cc1. The summed E-state index contributed by atoms with van der Waals surface area (Å²) in [6, 6.07) is 11.7. The lowest BCUT2D eigenvalue weighted by molar-refractivity contribution is 0.0716. The van der Waals surface area contributed by atoms with Crippen molar-refractivity contribution in [3.8, 4) is 5.75 Å². The number of benzene rings is 2. The molecule has 0 fully saturated rings. The summed E-state index contributed by atoms with van der Waals surface area (Å²) in [6.45, 7) is 5.14. The summed E-state index contributed by atoms with van der Waals surface area (Å²) < 4.78 is 11.5. The van der Waals surface area contributed by atoms with Crippen LogP contribution in [-0.4, -0.2) is 49.5 Å². The Balaban J connectivity index is 1.85. The molecule has 3 aromatic rings. The first-order chi connectivity index (χ1) is 14.9. The smallest absolute Gasteiger partial charge is 0.290 e. The van der Waals surface area contributed by atoms with Crippen LogP contribution in [0, 0.1) is 0 Å². The molecule has 1 atom stereocenters. The number of ether oxygens (including phenoxy) is 1. The second kappa shape index (κ2) is 8.57. The van der Waals surface area contributed by atoms with Crippen molar-refractivity contribution in [2.24, 2.45) is 0 Å². The van der Waals surface area contributed by atoms with E-state index in [-0.39, 0.29) is 17.1 Å². The topological polar surface area (TPSA) is 63.0 Å². The van der Waals surface area contributed by atoms with Crippen LogP contribution in [-0.2, 0) is 0 Å². The Kier molecular flexibility index (Phi) is 5.85. The molecular weight excluding hydrogens is 416 g/mol. The molecule has 160 valence electrons. The second-order valence-electron chi connectivity index (χ2n) is 7.69. The van der Waals surface area contributed by atoms with E-state index in [1.165, 1.54) is 0 Å². The third kappa shape index (κ3) is 3.96. The minimum Gasteiger partial charge on any atom is -0.490 e. The second-order valence-corrected chi connectivity index (χ2v) is 8.12. The van der Waals surface area contributed by atoms with Crippen LogP contribution < -0.4 is 10.2 Å². The molecule has 0 spiro atoms. The fourth-order valence-corrected chi connectivity index (χ4v) is 3.95. The number of hydrogen-bond donors (Lipinski definition) is 0. The Bertz CT molecular complexity index is 1200. The maximum Gasteiger partial charge on any atom is 0.290 e. The maximum absolute atomic E-state index is 13.5. The van der Waals surface area contributed by atoms with Gasteiger partial charge in [-0.15, -0.1) is 0 Å². The monoisotopic (exact) mass is 438 g/mol. The summed E-state index contributed by atoms with van der Waals surface area (Å²) in [5.74, 6) is 0.490. The van der Waals surface area contributed by atoms with Gasteiger partial charge in [0.25, 0.3) is 5.91 Å². The van der Waals surface area contributed by atoms with Crippen molar-refractivity contribution in [1.29, 1.82) is 0 Å². The Morgan fingerprint density at radius 1 is 1.19 bits per heavy atom.